The summed E-state index contributed by atoms with van der Waals surface area (Å²) in [5.41, 5.74) is 5.53. The van der Waals surface area contributed by atoms with Crippen LogP contribution in [0.2, 0.25) is 0 Å². The van der Waals surface area contributed by atoms with E-state index in [2.05, 4.69) is 10.2 Å². The van der Waals surface area contributed by atoms with Gasteiger partial charge < -0.3 is 21.1 Å². The summed E-state index contributed by atoms with van der Waals surface area (Å²) in [6.45, 7) is 3.87. The number of nitrogens with zero attached hydrogens (tertiary/aromatic N) is 1. The number of nitrogens with one attached hydrogen (secondary N) is 1. The van der Waals surface area contributed by atoms with Crippen LogP contribution in [0.15, 0.2) is 12.1 Å². The Labute approximate surface area is 117 Å². The SMILES string of the molecule is Nc1cc(F)c(NCCCN2CCCC2)cc1C(=O)O. The number of hydrogen-bond donors (Lipinski definition) is 3. The highest BCUT2D eigenvalue weighted by molar-refractivity contribution is 5.94. The zero-order valence-electron chi connectivity index (χ0n) is 11.4. The third-order valence-electron chi connectivity index (χ3n) is 3.53. The Balaban J connectivity index is 1.88. The smallest absolute Gasteiger partial charge is 0.337 e. The molecule has 0 bridgehead atoms. The number of likely N-dealkylation sites (tertiary alicyclic amines) is 1. The van der Waals surface area contributed by atoms with Crippen LogP contribution in [0.5, 0.6) is 0 Å². The van der Waals surface area contributed by atoms with Crippen LogP contribution in [0.1, 0.15) is 29.6 Å². The molecule has 1 aliphatic heterocycles. The Morgan fingerprint density at radius 3 is 2.75 bits per heavy atom. The lowest BCUT2D eigenvalue weighted by Gasteiger charge is -2.15. The van der Waals surface area contributed by atoms with Crippen LogP contribution in [0.25, 0.3) is 0 Å². The molecule has 0 spiro atoms. The van der Waals surface area contributed by atoms with Gasteiger partial charge in [0.15, 0.2) is 0 Å². The lowest BCUT2D eigenvalue weighted by Crippen LogP contribution is -2.22. The number of nitrogen functional groups attached to an aromatic ring is 1. The number of carboxylic acids is 1. The highest BCUT2D eigenvalue weighted by Crippen LogP contribution is 2.22. The third-order valence-corrected chi connectivity index (χ3v) is 3.53. The van der Waals surface area contributed by atoms with Crippen molar-refractivity contribution in [2.75, 3.05) is 37.2 Å². The van der Waals surface area contributed by atoms with Crippen LogP contribution < -0.4 is 11.1 Å². The predicted octanol–water partition coefficient (Wildman–Crippen LogP) is 2.00. The maximum Gasteiger partial charge on any atom is 0.337 e. The molecule has 0 saturated carbocycles. The van der Waals surface area contributed by atoms with Gasteiger partial charge in [-0.3, -0.25) is 0 Å². The molecule has 2 rings (SSSR count). The summed E-state index contributed by atoms with van der Waals surface area (Å²) in [7, 11) is 0. The average molecular weight is 281 g/mol. The normalized spacial score (nSPS) is 15.4. The molecule has 0 aromatic heterocycles. The fourth-order valence-electron chi connectivity index (χ4n) is 2.44. The van der Waals surface area contributed by atoms with Gasteiger partial charge in [-0.25, -0.2) is 9.18 Å². The Morgan fingerprint density at radius 2 is 2.10 bits per heavy atom. The lowest BCUT2D eigenvalue weighted by molar-refractivity contribution is 0.0698. The summed E-state index contributed by atoms with van der Waals surface area (Å²) in [6, 6.07) is 2.30. The number of rotatable bonds is 6. The van der Waals surface area contributed by atoms with Gasteiger partial charge in [0, 0.05) is 12.2 Å². The number of aromatic carboxylic acids is 1. The minimum atomic E-state index is -1.15. The monoisotopic (exact) mass is 281 g/mol. The minimum absolute atomic E-state index is 0.0578. The zero-order valence-corrected chi connectivity index (χ0v) is 11.4. The summed E-state index contributed by atoms with van der Waals surface area (Å²) in [5, 5.41) is 11.9. The third kappa shape index (κ3) is 3.60. The largest absolute Gasteiger partial charge is 0.478 e. The van der Waals surface area contributed by atoms with Crippen molar-refractivity contribution in [2.24, 2.45) is 0 Å². The molecule has 1 saturated heterocycles. The first kappa shape index (κ1) is 14.6. The molecule has 4 N–H and O–H groups in total. The number of halogens is 1. The van der Waals surface area contributed by atoms with Crippen LogP contribution in [0, 0.1) is 5.82 Å². The molecule has 6 heteroatoms. The van der Waals surface area contributed by atoms with Gasteiger partial charge >= 0.3 is 5.97 Å². The minimum Gasteiger partial charge on any atom is -0.478 e. The Hall–Kier alpha value is -1.82. The topological polar surface area (TPSA) is 78.6 Å². The van der Waals surface area contributed by atoms with E-state index in [0.29, 0.717) is 6.54 Å². The highest BCUT2D eigenvalue weighted by Gasteiger charge is 2.13. The van der Waals surface area contributed by atoms with Gasteiger partial charge in [0.1, 0.15) is 5.82 Å². The molecule has 1 heterocycles. The fraction of sp³-hybridized carbons (Fsp3) is 0.500. The second-order valence-corrected chi connectivity index (χ2v) is 5.05. The molecule has 20 heavy (non-hydrogen) atoms. The van der Waals surface area contributed by atoms with Gasteiger partial charge in [-0.1, -0.05) is 0 Å². The van der Waals surface area contributed by atoms with E-state index in [0.717, 1.165) is 32.1 Å². The van der Waals surface area contributed by atoms with Crippen LogP contribution in [0.4, 0.5) is 15.8 Å². The van der Waals surface area contributed by atoms with Crippen molar-refractivity contribution in [3.05, 3.63) is 23.5 Å². The Morgan fingerprint density at radius 1 is 1.40 bits per heavy atom. The maximum atomic E-state index is 13.7. The molecule has 5 nitrogen and oxygen atoms in total. The second kappa shape index (κ2) is 6.56. The molecule has 0 aliphatic carbocycles. The second-order valence-electron chi connectivity index (χ2n) is 5.05. The van der Waals surface area contributed by atoms with Crippen molar-refractivity contribution in [2.45, 2.75) is 19.3 Å². The molecule has 110 valence electrons. The Kier molecular flexibility index (Phi) is 4.79. The van der Waals surface area contributed by atoms with E-state index in [1.165, 1.54) is 18.9 Å². The molecule has 0 atom stereocenters. The summed E-state index contributed by atoms with van der Waals surface area (Å²) in [5.74, 6) is -1.67. The quantitative estimate of drug-likeness (QED) is 0.549. The van der Waals surface area contributed by atoms with Gasteiger partial charge in [0.2, 0.25) is 0 Å². The molecular weight excluding hydrogens is 261 g/mol. The molecule has 1 aromatic carbocycles. The maximum absolute atomic E-state index is 13.7. The summed E-state index contributed by atoms with van der Waals surface area (Å²) in [4.78, 5) is 13.3. The molecule has 0 radical (unpaired) electrons. The van der Waals surface area contributed by atoms with E-state index in [1.54, 1.807) is 0 Å². The predicted molar refractivity (Wildman–Crippen MR) is 76.6 cm³/mol. The fourth-order valence-corrected chi connectivity index (χ4v) is 2.44. The van der Waals surface area contributed by atoms with Crippen molar-refractivity contribution in [3.63, 3.8) is 0 Å². The van der Waals surface area contributed by atoms with Gasteiger partial charge in [0.05, 0.1) is 11.3 Å². The van der Waals surface area contributed by atoms with Crippen molar-refractivity contribution < 1.29 is 14.3 Å². The number of nitrogens with two attached hydrogens (primary N) is 1. The molecule has 1 fully saturated rings. The molecule has 1 aliphatic rings. The Bertz CT molecular complexity index is 488. The standard InChI is InChI=1S/C14H20FN3O2/c15-11-9-12(16)10(14(19)20)8-13(11)17-4-3-7-18-5-1-2-6-18/h8-9,17H,1-7,16H2,(H,19,20). The summed E-state index contributed by atoms with van der Waals surface area (Å²) < 4.78 is 13.7. The van der Waals surface area contributed by atoms with Crippen LogP contribution in [-0.4, -0.2) is 42.2 Å². The lowest BCUT2D eigenvalue weighted by atomic mass is 10.1. The van der Waals surface area contributed by atoms with E-state index >= 15 is 0 Å². The number of hydrogen-bond acceptors (Lipinski definition) is 4. The molecule has 0 unspecified atom stereocenters. The van der Waals surface area contributed by atoms with E-state index < -0.39 is 11.8 Å². The van der Waals surface area contributed by atoms with Gasteiger partial charge in [-0.15, -0.1) is 0 Å². The highest BCUT2D eigenvalue weighted by atomic mass is 19.1. The number of anilines is 2. The molecule has 0 amide bonds. The van der Waals surface area contributed by atoms with E-state index in [-0.39, 0.29) is 16.9 Å². The average Bonchev–Trinajstić information content (AvgIpc) is 2.89. The first-order chi connectivity index (χ1) is 9.58. The van der Waals surface area contributed by atoms with Crippen molar-refractivity contribution >= 4 is 17.3 Å². The van der Waals surface area contributed by atoms with E-state index in [1.807, 2.05) is 0 Å². The summed E-state index contributed by atoms with van der Waals surface area (Å²) >= 11 is 0. The van der Waals surface area contributed by atoms with E-state index in [4.69, 9.17) is 10.8 Å². The molecule has 1 aromatic rings. The van der Waals surface area contributed by atoms with Gasteiger partial charge in [-0.05, 0) is 51.0 Å². The van der Waals surface area contributed by atoms with Crippen LogP contribution in [-0.2, 0) is 0 Å². The van der Waals surface area contributed by atoms with Crippen LogP contribution in [0.3, 0.4) is 0 Å². The van der Waals surface area contributed by atoms with Crippen molar-refractivity contribution in [3.8, 4) is 0 Å². The first-order valence-electron chi connectivity index (χ1n) is 6.86. The van der Waals surface area contributed by atoms with Gasteiger partial charge in [0.25, 0.3) is 0 Å². The zero-order chi connectivity index (χ0) is 14.5. The van der Waals surface area contributed by atoms with Gasteiger partial charge in [-0.2, -0.15) is 0 Å². The van der Waals surface area contributed by atoms with Crippen molar-refractivity contribution in [1.82, 2.24) is 4.90 Å². The van der Waals surface area contributed by atoms with E-state index in [9.17, 15) is 9.18 Å². The molecular formula is C14H20FN3O2. The number of carboxylic acid groups (broad SMARTS) is 1. The summed E-state index contributed by atoms with van der Waals surface area (Å²) in [6.07, 6.45) is 3.40. The number of benzene rings is 1. The van der Waals surface area contributed by atoms with Crippen LogP contribution >= 0.6 is 0 Å². The van der Waals surface area contributed by atoms with Crippen molar-refractivity contribution in [1.29, 1.82) is 0 Å². The first-order valence-corrected chi connectivity index (χ1v) is 6.86. The number of carbonyl (C=O) groups is 1.